The van der Waals surface area contributed by atoms with Crippen LogP contribution in [0.15, 0.2) is 54.7 Å². The molecule has 2 heterocycles. The average Bonchev–Trinajstić information content (AvgIpc) is 3.18. The van der Waals surface area contributed by atoms with Crippen LogP contribution in [-0.2, 0) is 6.42 Å². The summed E-state index contributed by atoms with van der Waals surface area (Å²) in [5.41, 5.74) is 3.32. The zero-order valence-electron chi connectivity index (χ0n) is 14.7. The van der Waals surface area contributed by atoms with Crippen molar-refractivity contribution in [3.8, 4) is 0 Å². The van der Waals surface area contributed by atoms with Gasteiger partial charge in [-0.05, 0) is 73.8 Å². The molecule has 1 atom stereocenters. The molecular formula is C21H21Cl2N3O. The Hall–Kier alpha value is -2.14. The molecule has 0 aliphatic carbocycles. The minimum absolute atomic E-state index is 0. The summed E-state index contributed by atoms with van der Waals surface area (Å²) in [5, 5.41) is 7.77. The lowest BCUT2D eigenvalue weighted by atomic mass is 9.98. The Labute approximate surface area is 169 Å². The number of carbonyl (C=O) groups is 1. The first kappa shape index (κ1) is 19.6. The van der Waals surface area contributed by atoms with Crippen LogP contribution in [0.2, 0.25) is 5.02 Å². The number of hydrogen-bond donors (Lipinski definition) is 2. The van der Waals surface area contributed by atoms with Crippen LogP contribution in [0.25, 0.3) is 10.9 Å². The molecule has 1 aliphatic rings. The fourth-order valence-electron chi connectivity index (χ4n) is 3.46. The van der Waals surface area contributed by atoms with Crippen LogP contribution >= 0.6 is 24.0 Å². The molecule has 6 heteroatoms. The van der Waals surface area contributed by atoms with Gasteiger partial charge in [-0.15, -0.1) is 12.4 Å². The van der Waals surface area contributed by atoms with Gasteiger partial charge in [-0.2, -0.15) is 0 Å². The van der Waals surface area contributed by atoms with E-state index >= 15 is 0 Å². The molecule has 0 saturated carbocycles. The standard InChI is InChI=1S/C21H20ClN3O.ClH/c22-18-7-8-19(17-2-1-10-24-20(17)18)25-21(26)16-5-3-14(4-6-16)12-15-9-11-23-13-15;/h1-8,10,15,23H,9,11-13H2,(H,25,26);1H. The molecule has 140 valence electrons. The third-order valence-electron chi connectivity index (χ3n) is 4.87. The van der Waals surface area contributed by atoms with Gasteiger partial charge in [0.25, 0.3) is 5.91 Å². The molecule has 2 aromatic carbocycles. The SMILES string of the molecule is Cl.O=C(Nc1ccc(Cl)c2ncccc12)c1ccc(CC2CCNC2)cc1. The van der Waals surface area contributed by atoms with E-state index in [4.69, 9.17) is 11.6 Å². The van der Waals surface area contributed by atoms with Crippen LogP contribution < -0.4 is 10.6 Å². The summed E-state index contributed by atoms with van der Waals surface area (Å²) in [6.45, 7) is 2.19. The fourth-order valence-corrected chi connectivity index (χ4v) is 3.67. The second kappa shape index (κ2) is 8.70. The van der Waals surface area contributed by atoms with E-state index in [-0.39, 0.29) is 18.3 Å². The van der Waals surface area contributed by atoms with Gasteiger partial charge in [-0.1, -0.05) is 23.7 Å². The third-order valence-corrected chi connectivity index (χ3v) is 5.18. The van der Waals surface area contributed by atoms with E-state index in [1.165, 1.54) is 12.0 Å². The van der Waals surface area contributed by atoms with E-state index in [1.807, 2.05) is 30.3 Å². The van der Waals surface area contributed by atoms with Gasteiger partial charge in [-0.25, -0.2) is 0 Å². The highest BCUT2D eigenvalue weighted by atomic mass is 35.5. The lowest BCUT2D eigenvalue weighted by Crippen LogP contribution is -2.13. The Balaban J connectivity index is 0.00000210. The molecule has 3 aromatic rings. The minimum atomic E-state index is -0.133. The number of halogens is 2. The van der Waals surface area contributed by atoms with Crippen molar-refractivity contribution in [1.29, 1.82) is 0 Å². The number of nitrogens with zero attached hydrogens (tertiary/aromatic N) is 1. The summed E-state index contributed by atoms with van der Waals surface area (Å²) in [6, 6.07) is 15.2. The van der Waals surface area contributed by atoms with Crippen molar-refractivity contribution in [2.45, 2.75) is 12.8 Å². The maximum absolute atomic E-state index is 12.6. The second-order valence-electron chi connectivity index (χ2n) is 6.71. The largest absolute Gasteiger partial charge is 0.321 e. The number of fused-ring (bicyclic) bond motifs is 1. The van der Waals surface area contributed by atoms with Crippen molar-refractivity contribution in [2.24, 2.45) is 5.92 Å². The number of nitrogens with one attached hydrogen (secondary N) is 2. The number of anilines is 1. The first-order valence-electron chi connectivity index (χ1n) is 8.85. The molecule has 1 amide bonds. The van der Waals surface area contributed by atoms with Gasteiger partial charge in [-0.3, -0.25) is 9.78 Å². The molecule has 0 spiro atoms. The van der Waals surface area contributed by atoms with Gasteiger partial charge in [0.1, 0.15) is 0 Å². The van der Waals surface area contributed by atoms with Gasteiger partial charge < -0.3 is 10.6 Å². The van der Waals surface area contributed by atoms with E-state index in [0.29, 0.717) is 27.7 Å². The van der Waals surface area contributed by atoms with Crippen molar-refractivity contribution in [1.82, 2.24) is 10.3 Å². The van der Waals surface area contributed by atoms with Gasteiger partial charge >= 0.3 is 0 Å². The van der Waals surface area contributed by atoms with Gasteiger partial charge in [0.15, 0.2) is 0 Å². The summed E-state index contributed by atoms with van der Waals surface area (Å²) < 4.78 is 0. The number of amides is 1. The third kappa shape index (κ3) is 4.41. The second-order valence-corrected chi connectivity index (χ2v) is 7.12. The van der Waals surface area contributed by atoms with Crippen LogP contribution in [0.3, 0.4) is 0 Å². The van der Waals surface area contributed by atoms with Gasteiger partial charge in [0.05, 0.1) is 16.2 Å². The topological polar surface area (TPSA) is 54.0 Å². The zero-order valence-corrected chi connectivity index (χ0v) is 16.3. The summed E-state index contributed by atoms with van der Waals surface area (Å²) in [5.74, 6) is 0.564. The van der Waals surface area contributed by atoms with Crippen LogP contribution in [0.4, 0.5) is 5.69 Å². The zero-order chi connectivity index (χ0) is 17.9. The highest BCUT2D eigenvalue weighted by molar-refractivity contribution is 6.35. The van der Waals surface area contributed by atoms with Crippen LogP contribution in [0, 0.1) is 5.92 Å². The molecule has 1 aromatic heterocycles. The molecule has 0 bridgehead atoms. The minimum Gasteiger partial charge on any atom is -0.321 e. The molecule has 1 unspecified atom stereocenters. The van der Waals surface area contributed by atoms with Crippen molar-refractivity contribution in [2.75, 3.05) is 18.4 Å². The Morgan fingerprint density at radius 1 is 1.19 bits per heavy atom. The molecule has 1 fully saturated rings. The molecular weight excluding hydrogens is 381 g/mol. The number of carbonyl (C=O) groups excluding carboxylic acids is 1. The average molecular weight is 402 g/mol. The van der Waals surface area contributed by atoms with Gasteiger partial charge in [0.2, 0.25) is 0 Å². The Bertz CT molecular complexity index is 938. The smallest absolute Gasteiger partial charge is 0.255 e. The predicted molar refractivity (Wildman–Crippen MR) is 113 cm³/mol. The first-order chi connectivity index (χ1) is 12.7. The van der Waals surface area contributed by atoms with E-state index in [9.17, 15) is 4.79 Å². The number of benzene rings is 2. The quantitative estimate of drug-likeness (QED) is 0.664. The van der Waals surface area contributed by atoms with Gasteiger partial charge in [0, 0.05) is 17.1 Å². The van der Waals surface area contributed by atoms with Crippen LogP contribution in [-0.4, -0.2) is 24.0 Å². The van der Waals surface area contributed by atoms with Crippen LogP contribution in [0.1, 0.15) is 22.3 Å². The van der Waals surface area contributed by atoms with E-state index in [1.54, 1.807) is 12.3 Å². The number of hydrogen-bond acceptors (Lipinski definition) is 3. The number of rotatable bonds is 4. The van der Waals surface area contributed by atoms with Crippen molar-refractivity contribution in [3.05, 3.63) is 70.9 Å². The maximum Gasteiger partial charge on any atom is 0.255 e. The van der Waals surface area contributed by atoms with E-state index < -0.39 is 0 Å². The molecule has 4 rings (SSSR count). The van der Waals surface area contributed by atoms with Crippen LogP contribution in [0.5, 0.6) is 0 Å². The highest BCUT2D eigenvalue weighted by Crippen LogP contribution is 2.28. The fraction of sp³-hybridized carbons (Fsp3) is 0.238. The summed E-state index contributed by atoms with van der Waals surface area (Å²) in [4.78, 5) is 16.9. The normalized spacial score (nSPS) is 16.1. The molecule has 1 aliphatic heterocycles. The molecule has 2 N–H and O–H groups in total. The Kier molecular flexibility index (Phi) is 6.32. The molecule has 27 heavy (non-hydrogen) atoms. The lowest BCUT2D eigenvalue weighted by molar-refractivity contribution is 0.102. The molecule has 4 nitrogen and oxygen atoms in total. The Morgan fingerprint density at radius 2 is 2.00 bits per heavy atom. The van der Waals surface area contributed by atoms with Crippen molar-refractivity contribution in [3.63, 3.8) is 0 Å². The van der Waals surface area contributed by atoms with Crippen molar-refractivity contribution < 1.29 is 4.79 Å². The predicted octanol–water partition coefficient (Wildman–Crippen LogP) is 4.71. The first-order valence-corrected chi connectivity index (χ1v) is 9.23. The van der Waals surface area contributed by atoms with E-state index in [2.05, 4.69) is 27.8 Å². The number of aromatic nitrogens is 1. The summed E-state index contributed by atoms with van der Waals surface area (Å²) >= 11 is 6.19. The molecule has 0 radical (unpaired) electrons. The summed E-state index contributed by atoms with van der Waals surface area (Å²) in [7, 11) is 0. The Morgan fingerprint density at radius 3 is 2.74 bits per heavy atom. The summed E-state index contributed by atoms with van der Waals surface area (Å²) in [6.07, 6.45) is 3.97. The van der Waals surface area contributed by atoms with E-state index in [0.717, 1.165) is 24.9 Å². The molecule has 1 saturated heterocycles. The maximum atomic E-state index is 12.6. The lowest BCUT2D eigenvalue weighted by Gasteiger charge is -2.11. The van der Waals surface area contributed by atoms with Crippen molar-refractivity contribution >= 4 is 46.5 Å². The number of pyridine rings is 1. The highest BCUT2D eigenvalue weighted by Gasteiger charge is 2.15. The monoisotopic (exact) mass is 401 g/mol.